The van der Waals surface area contributed by atoms with Crippen LogP contribution in [0.3, 0.4) is 0 Å². The van der Waals surface area contributed by atoms with Crippen LogP contribution < -0.4 is 5.32 Å². The predicted octanol–water partition coefficient (Wildman–Crippen LogP) is 4.70. The number of hydrogen-bond donors (Lipinski definition) is 2. The molecule has 0 spiro atoms. The summed E-state index contributed by atoms with van der Waals surface area (Å²) in [6.45, 7) is 4.34. The van der Waals surface area contributed by atoms with Gasteiger partial charge in [-0.25, -0.2) is 0 Å². The molecule has 130 valence electrons. The lowest BCUT2D eigenvalue weighted by Gasteiger charge is -2.07. The maximum absolute atomic E-state index is 12.5. The molecule has 2 heterocycles. The van der Waals surface area contributed by atoms with Crippen LogP contribution in [0.1, 0.15) is 27.4 Å². The number of hydrogen-bond acceptors (Lipinski definition) is 3. The molecule has 2 aromatic heterocycles. The van der Waals surface area contributed by atoms with Gasteiger partial charge in [0.2, 0.25) is 0 Å². The fourth-order valence-electron chi connectivity index (χ4n) is 2.47. The summed E-state index contributed by atoms with van der Waals surface area (Å²) in [5.74, 6) is -0.317. The fourth-order valence-corrected chi connectivity index (χ4v) is 3.32. The highest BCUT2D eigenvalue weighted by Crippen LogP contribution is 2.26. The lowest BCUT2D eigenvalue weighted by Crippen LogP contribution is -2.14. The van der Waals surface area contributed by atoms with E-state index in [0.717, 1.165) is 17.0 Å². The number of benzene rings is 1. The molecular weight excluding hydrogens is 473 g/mol. The minimum atomic E-state index is -0.317. The quantitative estimate of drug-likeness (QED) is 0.560. The van der Waals surface area contributed by atoms with Crippen LogP contribution in [0.5, 0.6) is 0 Å². The highest BCUT2D eigenvalue weighted by molar-refractivity contribution is 9.13. The molecule has 0 fully saturated rings. The molecule has 0 bridgehead atoms. The molecule has 6 nitrogen and oxygen atoms in total. The van der Waals surface area contributed by atoms with Crippen molar-refractivity contribution in [2.75, 3.05) is 5.32 Å². The third-order valence-electron chi connectivity index (χ3n) is 3.72. The molecule has 1 aromatic carbocycles. The van der Waals surface area contributed by atoms with Crippen LogP contribution in [0, 0.1) is 13.8 Å². The molecule has 0 saturated heterocycles. The van der Waals surface area contributed by atoms with Gasteiger partial charge in [-0.3, -0.25) is 14.6 Å². The number of aryl methyl sites for hydroxylation is 1. The average Bonchev–Trinajstić information content (AvgIpc) is 3.02. The van der Waals surface area contributed by atoms with Crippen molar-refractivity contribution in [1.29, 1.82) is 0 Å². The van der Waals surface area contributed by atoms with Crippen molar-refractivity contribution in [2.45, 2.75) is 20.4 Å². The minimum Gasteiger partial charge on any atom is -0.317 e. The molecular formula is C16H14Br2ClN5O. The topological polar surface area (TPSA) is 75.6 Å². The summed E-state index contributed by atoms with van der Waals surface area (Å²) in [6.07, 6.45) is 0. The summed E-state index contributed by atoms with van der Waals surface area (Å²) in [5.41, 5.74) is 3.58. The Morgan fingerprint density at radius 3 is 2.76 bits per heavy atom. The Kier molecular flexibility index (Phi) is 5.31. The Balaban J connectivity index is 1.84. The average molecular weight is 488 g/mol. The number of nitrogens with zero attached hydrogens (tertiary/aromatic N) is 3. The van der Waals surface area contributed by atoms with Gasteiger partial charge in [0.1, 0.15) is 4.60 Å². The number of rotatable bonds is 4. The minimum absolute atomic E-state index is 0.272. The van der Waals surface area contributed by atoms with Gasteiger partial charge < -0.3 is 5.32 Å². The van der Waals surface area contributed by atoms with E-state index >= 15 is 0 Å². The van der Waals surface area contributed by atoms with Crippen LogP contribution in [-0.4, -0.2) is 25.9 Å². The first-order chi connectivity index (χ1) is 11.9. The smallest absolute Gasteiger partial charge is 0.277 e. The Bertz CT molecular complexity index is 950. The van der Waals surface area contributed by atoms with Gasteiger partial charge in [0, 0.05) is 5.02 Å². The van der Waals surface area contributed by atoms with Gasteiger partial charge in [0.15, 0.2) is 5.69 Å². The van der Waals surface area contributed by atoms with Gasteiger partial charge in [-0.1, -0.05) is 23.7 Å². The molecule has 0 unspecified atom stereocenters. The number of amides is 1. The normalized spacial score (nSPS) is 10.9. The first-order valence-corrected chi connectivity index (χ1v) is 9.32. The standard InChI is InChI=1S/C16H14Br2ClN5O/c1-8-13(20-16(25)14-12(17)15(18)22-21-14)9(2)24(23-8)7-10-4-3-5-11(19)6-10/h3-6H,7H2,1-2H3,(H,20,25)(H,21,22). The van der Waals surface area contributed by atoms with E-state index in [-0.39, 0.29) is 11.6 Å². The van der Waals surface area contributed by atoms with Crippen molar-refractivity contribution in [3.8, 4) is 0 Å². The number of nitrogens with one attached hydrogen (secondary N) is 2. The summed E-state index contributed by atoms with van der Waals surface area (Å²) in [6, 6.07) is 7.62. The maximum atomic E-state index is 12.5. The molecule has 0 aliphatic carbocycles. The largest absolute Gasteiger partial charge is 0.317 e. The number of carbonyl (C=O) groups is 1. The Labute approximate surface area is 166 Å². The summed E-state index contributed by atoms with van der Waals surface area (Å²) in [7, 11) is 0. The summed E-state index contributed by atoms with van der Waals surface area (Å²) < 4.78 is 3.03. The summed E-state index contributed by atoms with van der Waals surface area (Å²) in [5, 5.41) is 14.8. The molecule has 25 heavy (non-hydrogen) atoms. The van der Waals surface area contributed by atoms with Crippen LogP contribution in [0.25, 0.3) is 0 Å². The van der Waals surface area contributed by atoms with Crippen molar-refractivity contribution in [1.82, 2.24) is 20.0 Å². The SMILES string of the molecule is Cc1nn(Cc2cccc(Cl)c2)c(C)c1NC(=O)c1n[nH]c(Br)c1Br. The number of aromatic amines is 1. The zero-order valence-corrected chi connectivity index (χ0v) is 17.3. The van der Waals surface area contributed by atoms with E-state index in [2.05, 4.69) is 52.5 Å². The van der Waals surface area contributed by atoms with Crippen LogP contribution in [0.2, 0.25) is 5.02 Å². The van der Waals surface area contributed by atoms with Gasteiger partial charge >= 0.3 is 0 Å². The molecule has 3 rings (SSSR count). The van der Waals surface area contributed by atoms with E-state index < -0.39 is 0 Å². The summed E-state index contributed by atoms with van der Waals surface area (Å²) >= 11 is 12.6. The van der Waals surface area contributed by atoms with Crippen molar-refractivity contribution >= 4 is 55.1 Å². The highest BCUT2D eigenvalue weighted by atomic mass is 79.9. The highest BCUT2D eigenvalue weighted by Gasteiger charge is 2.20. The van der Waals surface area contributed by atoms with Crippen LogP contribution >= 0.6 is 43.5 Å². The number of anilines is 1. The fraction of sp³-hybridized carbons (Fsp3) is 0.188. The first kappa shape index (κ1) is 18.2. The van der Waals surface area contributed by atoms with E-state index in [1.54, 1.807) is 0 Å². The molecule has 1 amide bonds. The molecule has 0 aliphatic rings. The second kappa shape index (κ2) is 7.31. The monoisotopic (exact) mass is 485 g/mol. The first-order valence-electron chi connectivity index (χ1n) is 7.36. The molecule has 0 aliphatic heterocycles. The van der Waals surface area contributed by atoms with E-state index in [1.807, 2.05) is 42.8 Å². The molecule has 9 heteroatoms. The van der Waals surface area contributed by atoms with Gasteiger partial charge in [-0.05, 0) is 63.4 Å². The van der Waals surface area contributed by atoms with Crippen LogP contribution in [0.4, 0.5) is 5.69 Å². The molecule has 3 aromatic rings. The van der Waals surface area contributed by atoms with Gasteiger partial charge in [0.05, 0.1) is 28.1 Å². The number of halogens is 3. The Morgan fingerprint density at radius 1 is 1.36 bits per heavy atom. The van der Waals surface area contributed by atoms with Crippen molar-refractivity contribution in [3.63, 3.8) is 0 Å². The Morgan fingerprint density at radius 2 is 2.12 bits per heavy atom. The van der Waals surface area contributed by atoms with E-state index in [1.165, 1.54) is 0 Å². The van der Waals surface area contributed by atoms with E-state index in [4.69, 9.17) is 11.6 Å². The number of H-pyrrole nitrogens is 1. The van der Waals surface area contributed by atoms with E-state index in [0.29, 0.717) is 26.3 Å². The molecule has 2 N–H and O–H groups in total. The third kappa shape index (κ3) is 3.80. The number of aromatic nitrogens is 4. The predicted molar refractivity (Wildman–Crippen MR) is 104 cm³/mol. The molecule has 0 radical (unpaired) electrons. The van der Waals surface area contributed by atoms with Crippen molar-refractivity contribution < 1.29 is 4.79 Å². The van der Waals surface area contributed by atoms with Gasteiger partial charge in [0.25, 0.3) is 5.91 Å². The van der Waals surface area contributed by atoms with Crippen molar-refractivity contribution in [3.05, 3.63) is 61.0 Å². The second-order valence-electron chi connectivity index (χ2n) is 5.49. The van der Waals surface area contributed by atoms with Gasteiger partial charge in [-0.15, -0.1) is 0 Å². The zero-order chi connectivity index (χ0) is 18.1. The van der Waals surface area contributed by atoms with Gasteiger partial charge in [-0.2, -0.15) is 10.2 Å². The van der Waals surface area contributed by atoms with Crippen molar-refractivity contribution in [2.24, 2.45) is 0 Å². The lowest BCUT2D eigenvalue weighted by atomic mass is 10.2. The molecule has 0 atom stereocenters. The van der Waals surface area contributed by atoms with Crippen LogP contribution in [0.15, 0.2) is 33.3 Å². The van der Waals surface area contributed by atoms with E-state index in [9.17, 15) is 4.79 Å². The summed E-state index contributed by atoms with van der Waals surface area (Å²) in [4.78, 5) is 12.5. The maximum Gasteiger partial charge on any atom is 0.277 e. The molecule has 0 saturated carbocycles. The zero-order valence-electron chi connectivity index (χ0n) is 13.4. The number of carbonyl (C=O) groups excluding carboxylic acids is 1. The second-order valence-corrected chi connectivity index (χ2v) is 7.51. The third-order valence-corrected chi connectivity index (χ3v) is 5.84. The lowest BCUT2D eigenvalue weighted by molar-refractivity contribution is 0.102. The Hall–Kier alpha value is -1.64. The van der Waals surface area contributed by atoms with Crippen LogP contribution in [-0.2, 0) is 6.54 Å².